The first-order valence-corrected chi connectivity index (χ1v) is 5.32. The van der Waals surface area contributed by atoms with Gasteiger partial charge in [0.1, 0.15) is 0 Å². The van der Waals surface area contributed by atoms with Crippen LogP contribution in [-0.2, 0) is 10.1 Å². The second-order valence-electron chi connectivity index (χ2n) is 2.54. The van der Waals surface area contributed by atoms with Crippen molar-refractivity contribution in [1.82, 2.24) is 0 Å². The number of hydrogen-bond donors (Lipinski definition) is 0. The highest BCUT2D eigenvalue weighted by molar-refractivity contribution is 7.86. The third-order valence-electron chi connectivity index (χ3n) is 1.33. The minimum absolute atomic E-state index is 0.470. The fraction of sp³-hybridized carbons (Fsp3) is 0.125. The minimum atomic E-state index is -6.09. The molecule has 0 spiro atoms. The zero-order valence-corrected chi connectivity index (χ0v) is 9.00. The third kappa shape index (κ3) is 5.41. The summed E-state index contributed by atoms with van der Waals surface area (Å²) in [6.07, 6.45) is 2.79. The van der Waals surface area contributed by atoms with Crippen LogP contribution in [0.5, 0.6) is 0 Å². The Balaban J connectivity index is 0.000000304. The van der Waals surface area contributed by atoms with Crippen molar-refractivity contribution in [3.05, 3.63) is 36.7 Å². The average Bonchev–Trinajstić information content (AvgIpc) is 2.16. The van der Waals surface area contributed by atoms with Crippen LogP contribution in [0.1, 0.15) is 5.69 Å². The summed E-state index contributed by atoms with van der Waals surface area (Å²) in [7, 11) is -6.09. The molecule has 1 aromatic rings. The van der Waals surface area contributed by atoms with E-state index in [1.807, 2.05) is 0 Å². The van der Waals surface area contributed by atoms with E-state index in [9.17, 15) is 17.7 Å². The second-order valence-corrected chi connectivity index (χ2v) is 3.91. The molecule has 0 saturated heterocycles. The van der Waals surface area contributed by atoms with Crippen molar-refractivity contribution in [3.63, 3.8) is 0 Å². The van der Waals surface area contributed by atoms with E-state index >= 15 is 0 Å². The van der Waals surface area contributed by atoms with Gasteiger partial charge in [0.25, 0.3) is 5.69 Å². The molecule has 1 aromatic heterocycles. The molecule has 4 nitrogen and oxygen atoms in total. The maximum atomic E-state index is 12.4. The van der Waals surface area contributed by atoms with Crippen molar-refractivity contribution in [2.75, 3.05) is 0 Å². The van der Waals surface area contributed by atoms with Crippen LogP contribution in [0.15, 0.2) is 31.0 Å². The van der Waals surface area contributed by atoms with Crippen LogP contribution in [0.3, 0.4) is 0 Å². The van der Waals surface area contributed by atoms with Crippen LogP contribution in [0.2, 0.25) is 0 Å². The molecule has 0 saturated carbocycles. The van der Waals surface area contributed by atoms with E-state index in [1.54, 1.807) is 18.2 Å². The van der Waals surface area contributed by atoms with E-state index in [-0.39, 0.29) is 0 Å². The van der Waals surface area contributed by atoms with Gasteiger partial charge in [-0.2, -0.15) is 13.2 Å². The lowest BCUT2D eigenvalue weighted by atomic mass is 10.3. The topological polar surface area (TPSA) is 61.1 Å². The van der Waals surface area contributed by atoms with Crippen LogP contribution in [0.25, 0.3) is 6.08 Å². The van der Waals surface area contributed by atoms with Crippen LogP contribution >= 0.6 is 0 Å². The monoisotopic (exact) mass is 273 g/mol. The maximum Gasteiger partial charge on any atom is 0.485 e. The summed E-state index contributed by atoms with van der Waals surface area (Å²) in [5.41, 5.74) is -5.18. The number of aromatic nitrogens is 1. The molecular weight excluding hydrogens is 266 g/mol. The molecular formula is C8H7F4NO3S. The Labute approximate surface area is 94.5 Å². The summed E-state index contributed by atoms with van der Waals surface area (Å²) in [6, 6.07) is 5.02. The fourth-order valence-electron chi connectivity index (χ4n) is 0.592. The van der Waals surface area contributed by atoms with Gasteiger partial charge >= 0.3 is 5.51 Å². The normalized spacial score (nSPS) is 11.4. The van der Waals surface area contributed by atoms with Crippen molar-refractivity contribution in [2.24, 2.45) is 0 Å². The van der Waals surface area contributed by atoms with Gasteiger partial charge in [-0.1, -0.05) is 6.58 Å². The molecule has 0 atom stereocenters. The average molecular weight is 273 g/mol. The molecule has 0 radical (unpaired) electrons. The predicted octanol–water partition coefficient (Wildman–Crippen LogP) is 1.40. The molecule has 1 rings (SSSR count). The summed E-state index contributed by atoms with van der Waals surface area (Å²) in [5, 5.41) is 0. The number of nitrogens with zero attached hydrogens (tertiary/aromatic N) is 1. The van der Waals surface area contributed by atoms with Crippen LogP contribution in [0, 0.1) is 0 Å². The van der Waals surface area contributed by atoms with Crippen molar-refractivity contribution >= 4 is 16.2 Å². The highest BCUT2D eigenvalue weighted by Gasteiger charge is 2.36. The van der Waals surface area contributed by atoms with E-state index < -0.39 is 15.6 Å². The summed E-state index contributed by atoms with van der Waals surface area (Å²) in [6.45, 7) is 3.43. The summed E-state index contributed by atoms with van der Waals surface area (Å²) in [4.78, 5) is 0.521. The molecule has 0 unspecified atom stereocenters. The van der Waals surface area contributed by atoms with Crippen molar-refractivity contribution < 1.29 is 35.4 Å². The van der Waals surface area contributed by atoms with Crippen molar-refractivity contribution in [1.29, 1.82) is 0 Å². The van der Waals surface area contributed by atoms with Gasteiger partial charge in [-0.3, -0.25) is 0 Å². The first-order chi connectivity index (χ1) is 7.59. The zero-order chi connectivity index (χ0) is 13.7. The van der Waals surface area contributed by atoms with Gasteiger partial charge in [0, 0.05) is 23.0 Å². The first-order valence-electron chi connectivity index (χ1n) is 3.91. The largest absolute Gasteiger partial charge is 0.741 e. The smallest absolute Gasteiger partial charge is 0.485 e. The number of halogens is 4. The van der Waals surface area contributed by atoms with Gasteiger partial charge in [-0.25, -0.2) is 8.42 Å². The molecule has 0 fully saturated rings. The Morgan fingerprint density at radius 2 is 1.82 bits per heavy atom. The van der Waals surface area contributed by atoms with E-state index in [0.717, 1.165) is 0 Å². The van der Waals surface area contributed by atoms with E-state index in [1.165, 1.54) is 12.3 Å². The van der Waals surface area contributed by atoms with Gasteiger partial charge in [0.05, 0.1) is 4.48 Å². The van der Waals surface area contributed by atoms with Gasteiger partial charge in [-0.05, 0) is 6.07 Å². The third-order valence-corrected chi connectivity index (χ3v) is 1.90. The number of hydrogen-bond acceptors (Lipinski definition) is 3. The Morgan fingerprint density at radius 3 is 2.06 bits per heavy atom. The maximum absolute atomic E-state index is 12.4. The lowest BCUT2D eigenvalue weighted by Crippen LogP contribution is -2.24. The van der Waals surface area contributed by atoms with Crippen LogP contribution in [-0.4, -0.2) is 18.5 Å². The Morgan fingerprint density at radius 1 is 1.35 bits per heavy atom. The summed E-state index contributed by atoms with van der Waals surface area (Å²) in [5.74, 6) is 0. The molecule has 0 bridgehead atoms. The van der Waals surface area contributed by atoms with E-state index in [0.29, 0.717) is 10.5 Å². The quantitative estimate of drug-likeness (QED) is 0.441. The molecule has 0 aliphatic carbocycles. The van der Waals surface area contributed by atoms with Gasteiger partial charge in [-0.15, -0.1) is 0 Å². The molecule has 0 aromatic carbocycles. The lowest BCUT2D eigenvalue weighted by Gasteiger charge is -2.08. The van der Waals surface area contributed by atoms with Gasteiger partial charge < -0.3 is 4.55 Å². The number of alkyl halides is 3. The van der Waals surface area contributed by atoms with E-state index in [2.05, 4.69) is 6.58 Å². The minimum Gasteiger partial charge on any atom is -0.741 e. The molecule has 0 amide bonds. The Hall–Kier alpha value is -1.48. The molecule has 96 valence electrons. The standard InChI is InChI=1S/C7H7FN.CHF3O3S/c1-2-7-5-3-4-6-9(7)8;2-1(3,4)8(5,6)7/h2-6H,1H2;(H,5,6,7)/q+1;/p-1. The number of pyridine rings is 1. The van der Waals surface area contributed by atoms with Crippen LogP contribution < -0.4 is 4.79 Å². The molecule has 1 heterocycles. The summed E-state index contributed by atoms with van der Waals surface area (Å²) >= 11 is 0. The van der Waals surface area contributed by atoms with E-state index in [4.69, 9.17) is 13.0 Å². The van der Waals surface area contributed by atoms with Crippen LogP contribution in [0.4, 0.5) is 17.7 Å². The zero-order valence-electron chi connectivity index (χ0n) is 8.19. The van der Waals surface area contributed by atoms with Crippen molar-refractivity contribution in [2.45, 2.75) is 5.51 Å². The molecule has 17 heavy (non-hydrogen) atoms. The fourth-order valence-corrected chi connectivity index (χ4v) is 0.592. The Bertz CT molecular complexity index is 484. The molecule has 0 N–H and O–H groups in total. The number of rotatable bonds is 1. The highest BCUT2D eigenvalue weighted by atomic mass is 32.2. The van der Waals surface area contributed by atoms with Crippen molar-refractivity contribution in [3.8, 4) is 0 Å². The molecule has 9 heteroatoms. The first kappa shape index (κ1) is 15.5. The predicted molar refractivity (Wildman–Crippen MR) is 49.0 cm³/mol. The molecule has 0 aliphatic heterocycles. The lowest BCUT2D eigenvalue weighted by molar-refractivity contribution is -0.845. The second kappa shape index (κ2) is 5.73. The Kier molecular flexibility index (Phi) is 5.23. The molecule has 0 aliphatic rings. The van der Waals surface area contributed by atoms with Gasteiger partial charge in [0.2, 0.25) is 6.20 Å². The van der Waals surface area contributed by atoms with Gasteiger partial charge in [0.15, 0.2) is 10.1 Å². The highest BCUT2D eigenvalue weighted by Crippen LogP contribution is 2.20. The SMILES string of the molecule is C=Cc1cccc[n+]1F.O=S(=O)([O-])C(F)(F)F. The summed E-state index contributed by atoms with van der Waals surface area (Å²) < 4.78 is 71.3.